The lowest BCUT2D eigenvalue weighted by atomic mass is 10.2. The van der Waals surface area contributed by atoms with E-state index in [1.807, 2.05) is 35.3 Å². The van der Waals surface area contributed by atoms with Gasteiger partial charge < -0.3 is 20.3 Å². The highest BCUT2D eigenvalue weighted by molar-refractivity contribution is 14.0. The Hall–Kier alpha value is -1.65. The first-order chi connectivity index (χ1) is 12.3. The average Bonchev–Trinajstić information content (AvgIpc) is 3.30. The smallest absolute Gasteiger partial charge is 0.191 e. The molecule has 0 saturated heterocycles. The van der Waals surface area contributed by atoms with Gasteiger partial charge in [-0.25, -0.2) is 4.98 Å². The van der Waals surface area contributed by atoms with Gasteiger partial charge in [-0.15, -0.1) is 35.3 Å². The largest absolute Gasteiger partial charge is 0.386 e. The van der Waals surface area contributed by atoms with E-state index >= 15 is 0 Å². The SMILES string of the molecule is CN=C(NCCCn1ccnc1)NCC(O)c1cc2ccccc2s1.I. The van der Waals surface area contributed by atoms with Crippen LogP contribution in [-0.2, 0) is 6.54 Å². The van der Waals surface area contributed by atoms with Crippen molar-refractivity contribution < 1.29 is 5.11 Å². The summed E-state index contributed by atoms with van der Waals surface area (Å²) < 4.78 is 3.24. The number of thiophene rings is 1. The third-order valence-electron chi connectivity index (χ3n) is 3.90. The lowest BCUT2D eigenvalue weighted by Crippen LogP contribution is -2.39. The number of imidazole rings is 1. The average molecular weight is 485 g/mol. The molecule has 0 aliphatic rings. The maximum Gasteiger partial charge on any atom is 0.191 e. The van der Waals surface area contributed by atoms with Gasteiger partial charge in [0, 0.05) is 48.7 Å². The summed E-state index contributed by atoms with van der Waals surface area (Å²) in [5.74, 6) is 0.700. The Morgan fingerprint density at radius 3 is 2.92 bits per heavy atom. The van der Waals surface area contributed by atoms with E-state index in [0.29, 0.717) is 12.5 Å². The Bertz CT molecular complexity index is 785. The maximum atomic E-state index is 10.4. The van der Waals surface area contributed by atoms with Crippen molar-refractivity contribution in [3.63, 3.8) is 0 Å². The number of nitrogens with one attached hydrogen (secondary N) is 2. The molecule has 0 saturated carbocycles. The Kier molecular flexibility index (Phi) is 8.33. The number of aliphatic imine (C=N–C) groups is 1. The summed E-state index contributed by atoms with van der Waals surface area (Å²) in [7, 11) is 1.73. The highest BCUT2D eigenvalue weighted by Gasteiger charge is 2.12. The second-order valence-corrected chi connectivity index (χ2v) is 6.85. The van der Waals surface area contributed by atoms with Gasteiger partial charge in [0.2, 0.25) is 0 Å². The third kappa shape index (κ3) is 5.68. The van der Waals surface area contributed by atoms with Crippen molar-refractivity contribution in [3.05, 3.63) is 53.9 Å². The number of fused-ring (bicyclic) bond motifs is 1. The van der Waals surface area contributed by atoms with Gasteiger partial charge in [0.25, 0.3) is 0 Å². The number of hydrogen-bond donors (Lipinski definition) is 3. The van der Waals surface area contributed by atoms with Crippen molar-refractivity contribution in [2.24, 2.45) is 4.99 Å². The van der Waals surface area contributed by atoms with Gasteiger partial charge in [-0.2, -0.15) is 0 Å². The summed E-state index contributed by atoms with van der Waals surface area (Å²) in [5, 5.41) is 18.0. The van der Waals surface area contributed by atoms with Crippen LogP contribution >= 0.6 is 35.3 Å². The van der Waals surface area contributed by atoms with E-state index in [1.165, 1.54) is 10.1 Å². The first-order valence-corrected chi connectivity index (χ1v) is 9.14. The number of aliphatic hydroxyl groups excluding tert-OH is 1. The minimum absolute atomic E-state index is 0. The summed E-state index contributed by atoms with van der Waals surface area (Å²) in [6.45, 7) is 2.14. The van der Waals surface area contributed by atoms with Gasteiger partial charge in [0.15, 0.2) is 5.96 Å². The van der Waals surface area contributed by atoms with Crippen molar-refractivity contribution in [1.82, 2.24) is 20.2 Å². The summed E-state index contributed by atoms with van der Waals surface area (Å²) in [6.07, 6.45) is 5.96. The highest BCUT2D eigenvalue weighted by Crippen LogP contribution is 2.29. The molecule has 6 nitrogen and oxygen atoms in total. The van der Waals surface area contributed by atoms with E-state index in [0.717, 1.165) is 24.4 Å². The molecular weight excluding hydrogens is 461 g/mol. The van der Waals surface area contributed by atoms with E-state index in [9.17, 15) is 5.11 Å². The molecule has 0 fully saturated rings. The Balaban J connectivity index is 0.00000243. The van der Waals surface area contributed by atoms with E-state index in [4.69, 9.17) is 0 Å². The molecule has 3 rings (SSSR count). The second kappa shape index (κ2) is 10.5. The number of halogens is 1. The second-order valence-electron chi connectivity index (χ2n) is 5.74. The van der Waals surface area contributed by atoms with E-state index in [1.54, 1.807) is 24.6 Å². The molecule has 0 radical (unpaired) electrons. The molecule has 140 valence electrons. The molecule has 2 heterocycles. The van der Waals surface area contributed by atoms with E-state index in [-0.39, 0.29) is 24.0 Å². The van der Waals surface area contributed by atoms with Crippen LogP contribution in [0.5, 0.6) is 0 Å². The number of rotatable bonds is 7. The fourth-order valence-electron chi connectivity index (χ4n) is 2.57. The molecule has 2 aromatic heterocycles. The summed E-state index contributed by atoms with van der Waals surface area (Å²) >= 11 is 1.63. The molecule has 1 atom stereocenters. The van der Waals surface area contributed by atoms with Crippen LogP contribution in [0, 0.1) is 0 Å². The Labute approximate surface area is 174 Å². The number of hydrogen-bond acceptors (Lipinski definition) is 4. The van der Waals surface area contributed by atoms with Crippen LogP contribution in [0.15, 0.2) is 54.0 Å². The number of aromatic nitrogens is 2. The van der Waals surface area contributed by atoms with Crippen LogP contribution < -0.4 is 10.6 Å². The van der Waals surface area contributed by atoms with Crippen LogP contribution in [0.1, 0.15) is 17.4 Å². The van der Waals surface area contributed by atoms with Crippen molar-refractivity contribution >= 4 is 51.4 Å². The summed E-state index contributed by atoms with van der Waals surface area (Å²) in [6, 6.07) is 10.2. The lowest BCUT2D eigenvalue weighted by molar-refractivity contribution is 0.184. The fourth-order valence-corrected chi connectivity index (χ4v) is 3.62. The van der Waals surface area contributed by atoms with Crippen LogP contribution in [0.4, 0.5) is 0 Å². The van der Waals surface area contributed by atoms with Gasteiger partial charge in [-0.1, -0.05) is 18.2 Å². The molecular formula is C18H24IN5OS. The normalized spacial score (nSPS) is 12.6. The Morgan fingerprint density at radius 2 is 2.19 bits per heavy atom. The maximum absolute atomic E-state index is 10.4. The Morgan fingerprint density at radius 1 is 1.35 bits per heavy atom. The van der Waals surface area contributed by atoms with Crippen LogP contribution in [-0.4, -0.2) is 40.8 Å². The minimum Gasteiger partial charge on any atom is -0.386 e. The van der Waals surface area contributed by atoms with Crippen molar-refractivity contribution in [2.45, 2.75) is 19.1 Å². The quantitative estimate of drug-likeness (QED) is 0.208. The zero-order chi connectivity index (χ0) is 17.5. The zero-order valence-corrected chi connectivity index (χ0v) is 17.8. The van der Waals surface area contributed by atoms with Gasteiger partial charge in [-0.05, 0) is 23.9 Å². The zero-order valence-electron chi connectivity index (χ0n) is 14.6. The van der Waals surface area contributed by atoms with Gasteiger partial charge in [0.05, 0.1) is 6.33 Å². The number of aliphatic hydroxyl groups is 1. The molecule has 1 aromatic carbocycles. The molecule has 8 heteroatoms. The van der Waals surface area contributed by atoms with Crippen molar-refractivity contribution in [1.29, 1.82) is 0 Å². The van der Waals surface area contributed by atoms with Gasteiger partial charge in [-0.3, -0.25) is 4.99 Å². The lowest BCUT2D eigenvalue weighted by Gasteiger charge is -2.14. The van der Waals surface area contributed by atoms with Crippen molar-refractivity contribution in [3.8, 4) is 0 Å². The van der Waals surface area contributed by atoms with Crippen LogP contribution in [0.25, 0.3) is 10.1 Å². The number of guanidine groups is 1. The summed E-state index contributed by atoms with van der Waals surface area (Å²) in [5.41, 5.74) is 0. The van der Waals surface area contributed by atoms with Gasteiger partial charge >= 0.3 is 0 Å². The van der Waals surface area contributed by atoms with Crippen LogP contribution in [0.2, 0.25) is 0 Å². The molecule has 3 aromatic rings. The number of aryl methyl sites for hydroxylation is 1. The monoisotopic (exact) mass is 485 g/mol. The predicted octanol–water partition coefficient (Wildman–Crippen LogP) is 3.00. The molecule has 0 aliphatic carbocycles. The molecule has 3 N–H and O–H groups in total. The molecule has 1 unspecified atom stereocenters. The number of nitrogens with zero attached hydrogens (tertiary/aromatic N) is 3. The van der Waals surface area contributed by atoms with E-state index < -0.39 is 6.10 Å². The predicted molar refractivity (Wildman–Crippen MR) is 118 cm³/mol. The third-order valence-corrected chi connectivity index (χ3v) is 5.12. The first-order valence-electron chi connectivity index (χ1n) is 8.33. The fraction of sp³-hybridized carbons (Fsp3) is 0.333. The molecule has 0 aliphatic heterocycles. The molecule has 0 amide bonds. The first kappa shape index (κ1) is 20.7. The topological polar surface area (TPSA) is 74.5 Å². The summed E-state index contributed by atoms with van der Waals surface area (Å²) in [4.78, 5) is 9.19. The molecule has 0 bridgehead atoms. The van der Waals surface area contributed by atoms with Crippen LogP contribution in [0.3, 0.4) is 0 Å². The van der Waals surface area contributed by atoms with E-state index in [2.05, 4.69) is 32.7 Å². The van der Waals surface area contributed by atoms with Gasteiger partial charge in [0.1, 0.15) is 6.10 Å². The standard InChI is InChI=1S/C18H23N5OS.HI/c1-19-18(21-7-4-9-23-10-8-20-13-23)22-12-15(24)17-11-14-5-2-3-6-16(14)25-17;/h2-3,5-6,8,10-11,13,15,24H,4,7,9,12H2,1H3,(H2,19,21,22);1H. The molecule has 26 heavy (non-hydrogen) atoms. The highest BCUT2D eigenvalue weighted by atomic mass is 127. The number of benzene rings is 1. The minimum atomic E-state index is -0.554. The molecule has 0 spiro atoms. The van der Waals surface area contributed by atoms with Crippen molar-refractivity contribution in [2.75, 3.05) is 20.1 Å².